The molecule has 11 nitrogen and oxygen atoms in total. The van der Waals surface area contributed by atoms with E-state index in [9.17, 15) is 14.7 Å². The summed E-state index contributed by atoms with van der Waals surface area (Å²) in [7, 11) is 0. The molecule has 3 aromatic rings. The second-order valence-corrected chi connectivity index (χ2v) is 8.57. The van der Waals surface area contributed by atoms with Crippen molar-refractivity contribution in [1.29, 1.82) is 0 Å². The zero-order chi connectivity index (χ0) is 22.2. The summed E-state index contributed by atoms with van der Waals surface area (Å²) in [4.78, 5) is 37.2. The molecule has 2 saturated carbocycles. The van der Waals surface area contributed by atoms with Crippen LogP contribution < -0.4 is 27.0 Å². The highest BCUT2D eigenvalue weighted by molar-refractivity contribution is 5.73. The zero-order valence-corrected chi connectivity index (χ0v) is 17.8. The van der Waals surface area contributed by atoms with Crippen molar-refractivity contribution in [3.8, 4) is 5.88 Å². The Morgan fingerprint density at radius 3 is 2.62 bits per heavy atom. The van der Waals surface area contributed by atoms with Gasteiger partial charge in [-0.15, -0.1) is 0 Å². The quantitative estimate of drug-likeness (QED) is 0.376. The van der Waals surface area contributed by atoms with Crippen LogP contribution in [0.1, 0.15) is 51.1 Å². The number of imidazole rings is 1. The Morgan fingerprint density at radius 2 is 1.97 bits per heavy atom. The van der Waals surface area contributed by atoms with Gasteiger partial charge in [0.2, 0.25) is 11.8 Å². The van der Waals surface area contributed by atoms with Gasteiger partial charge in [0.05, 0.1) is 12.2 Å². The lowest BCUT2D eigenvalue weighted by Gasteiger charge is -2.29. The third-order valence-corrected chi connectivity index (χ3v) is 5.86. The van der Waals surface area contributed by atoms with Gasteiger partial charge in [0.15, 0.2) is 11.1 Å². The van der Waals surface area contributed by atoms with Crippen molar-refractivity contribution in [2.24, 2.45) is 4.99 Å². The van der Waals surface area contributed by atoms with Gasteiger partial charge in [-0.1, -0.05) is 0 Å². The molecule has 3 heterocycles. The number of hydrogen-bond donors (Lipinski definition) is 5. The van der Waals surface area contributed by atoms with Gasteiger partial charge in [-0.25, -0.2) is 9.78 Å². The van der Waals surface area contributed by atoms with E-state index in [-0.39, 0.29) is 29.6 Å². The lowest BCUT2D eigenvalue weighted by molar-refractivity contribution is -0.119. The Labute approximate surface area is 182 Å². The molecule has 0 radical (unpaired) electrons. The summed E-state index contributed by atoms with van der Waals surface area (Å²) in [6, 6.07) is 2.71. The van der Waals surface area contributed by atoms with E-state index in [0.717, 1.165) is 44.0 Å². The van der Waals surface area contributed by atoms with Crippen molar-refractivity contribution < 1.29 is 9.90 Å². The van der Waals surface area contributed by atoms with E-state index in [4.69, 9.17) is 9.98 Å². The molecule has 0 bridgehead atoms. The topological polar surface area (TPSA) is 153 Å². The molecule has 5 N–H and O–H groups in total. The molecule has 0 atom stereocenters. The number of carbonyl (C=O) groups excluding carboxylic acids is 1. The van der Waals surface area contributed by atoms with Gasteiger partial charge in [0, 0.05) is 30.3 Å². The summed E-state index contributed by atoms with van der Waals surface area (Å²) in [5.74, 6) is 0.489. The highest BCUT2D eigenvalue weighted by Crippen LogP contribution is 2.23. The van der Waals surface area contributed by atoms with Crippen molar-refractivity contribution in [3.63, 3.8) is 0 Å². The Morgan fingerprint density at radius 1 is 1.22 bits per heavy atom. The van der Waals surface area contributed by atoms with E-state index in [1.54, 1.807) is 23.7 Å². The number of rotatable bonds is 5. The van der Waals surface area contributed by atoms with Gasteiger partial charge in [0.1, 0.15) is 11.5 Å². The van der Waals surface area contributed by atoms with E-state index in [1.807, 2.05) is 6.07 Å². The lowest BCUT2D eigenvalue weighted by atomic mass is 9.91. The predicted molar refractivity (Wildman–Crippen MR) is 117 cm³/mol. The van der Waals surface area contributed by atoms with Crippen LogP contribution in [0.15, 0.2) is 22.1 Å². The summed E-state index contributed by atoms with van der Waals surface area (Å²) in [5.41, 5.74) is 1.09. The third kappa shape index (κ3) is 4.36. The van der Waals surface area contributed by atoms with Crippen LogP contribution in [0.4, 0.5) is 5.82 Å². The maximum atomic E-state index is 11.5. The summed E-state index contributed by atoms with van der Waals surface area (Å²) in [6.07, 6.45) is 9.12. The molecular weight excluding hydrogens is 412 g/mol. The molecule has 0 saturated heterocycles. The first-order valence-corrected chi connectivity index (χ1v) is 10.9. The normalized spacial score (nSPS) is 22.4. The van der Waals surface area contributed by atoms with Gasteiger partial charge < -0.3 is 20.7 Å². The van der Waals surface area contributed by atoms with Crippen LogP contribution in [0.5, 0.6) is 5.88 Å². The monoisotopic (exact) mass is 438 g/mol. The number of nitrogens with zero attached hydrogens (tertiary/aromatic N) is 4. The Kier molecular flexibility index (Phi) is 5.16. The SMILES string of the molecule is CC(=O)NC1CCC(Nc2cc(=NC3CC3)n3nc/c(=C\c4[nH]c(=O)[nH]c4O)c3n2)CC1. The number of H-pyrrole nitrogens is 2. The minimum Gasteiger partial charge on any atom is -0.493 e. The van der Waals surface area contributed by atoms with Crippen molar-refractivity contribution in [2.75, 3.05) is 5.32 Å². The number of hydrogen-bond acceptors (Lipinski definition) is 7. The number of fused-ring (bicyclic) bond motifs is 1. The lowest BCUT2D eigenvalue weighted by Crippen LogP contribution is -2.39. The molecule has 32 heavy (non-hydrogen) atoms. The highest BCUT2D eigenvalue weighted by atomic mass is 16.3. The average molecular weight is 438 g/mol. The van der Waals surface area contributed by atoms with Gasteiger partial charge in [-0.05, 0) is 44.6 Å². The molecule has 5 rings (SSSR count). The number of aromatic amines is 2. The third-order valence-electron chi connectivity index (χ3n) is 5.86. The molecular formula is C21H26N8O3. The molecule has 0 aromatic carbocycles. The number of anilines is 1. The van der Waals surface area contributed by atoms with Crippen LogP contribution in [-0.4, -0.2) is 53.7 Å². The molecule has 2 aliphatic carbocycles. The highest BCUT2D eigenvalue weighted by Gasteiger charge is 2.23. The fraction of sp³-hybridized carbons (Fsp3) is 0.476. The molecule has 2 aliphatic rings. The van der Waals surface area contributed by atoms with E-state index in [1.165, 1.54) is 0 Å². The maximum Gasteiger partial charge on any atom is 0.326 e. The zero-order valence-electron chi connectivity index (χ0n) is 17.8. The second-order valence-electron chi connectivity index (χ2n) is 8.57. The Balaban J connectivity index is 1.48. The number of aromatic hydroxyl groups is 1. The molecule has 11 heteroatoms. The molecule has 2 fully saturated rings. The fourth-order valence-electron chi connectivity index (χ4n) is 4.15. The van der Waals surface area contributed by atoms with Crippen LogP contribution in [0.2, 0.25) is 0 Å². The average Bonchev–Trinajstić information content (AvgIpc) is 3.38. The molecule has 3 aromatic heterocycles. The number of amides is 1. The molecule has 0 unspecified atom stereocenters. The number of nitrogens with one attached hydrogen (secondary N) is 4. The first-order chi connectivity index (χ1) is 15.4. The minimum absolute atomic E-state index is 0.0131. The van der Waals surface area contributed by atoms with Gasteiger partial charge >= 0.3 is 5.69 Å². The van der Waals surface area contributed by atoms with Crippen LogP contribution >= 0.6 is 0 Å². The van der Waals surface area contributed by atoms with Crippen molar-refractivity contribution >= 4 is 23.4 Å². The fourth-order valence-corrected chi connectivity index (χ4v) is 4.15. The van der Waals surface area contributed by atoms with Gasteiger partial charge in [0.25, 0.3) is 0 Å². The van der Waals surface area contributed by atoms with Crippen molar-refractivity contribution in [3.05, 3.63) is 39.1 Å². The summed E-state index contributed by atoms with van der Waals surface area (Å²) >= 11 is 0. The van der Waals surface area contributed by atoms with E-state index in [2.05, 4.69) is 25.7 Å². The van der Waals surface area contributed by atoms with Crippen molar-refractivity contribution in [2.45, 2.75) is 63.6 Å². The van der Waals surface area contributed by atoms with Crippen LogP contribution in [0.25, 0.3) is 11.7 Å². The molecule has 0 aliphatic heterocycles. The second kappa shape index (κ2) is 8.13. The molecule has 1 amide bonds. The Hall–Kier alpha value is -3.63. The first kappa shape index (κ1) is 20.3. The van der Waals surface area contributed by atoms with Gasteiger partial charge in [-0.3, -0.25) is 14.8 Å². The largest absolute Gasteiger partial charge is 0.493 e. The van der Waals surface area contributed by atoms with Gasteiger partial charge in [-0.2, -0.15) is 9.61 Å². The minimum atomic E-state index is -0.486. The maximum absolute atomic E-state index is 11.5. The van der Waals surface area contributed by atoms with Crippen LogP contribution in [0.3, 0.4) is 0 Å². The van der Waals surface area contributed by atoms with E-state index in [0.29, 0.717) is 22.7 Å². The number of carbonyl (C=O) groups is 1. The van der Waals surface area contributed by atoms with Crippen molar-refractivity contribution in [1.82, 2.24) is 29.9 Å². The van der Waals surface area contributed by atoms with E-state index < -0.39 is 5.69 Å². The smallest absolute Gasteiger partial charge is 0.326 e. The number of aromatic nitrogens is 5. The van der Waals surface area contributed by atoms with Crippen LogP contribution in [-0.2, 0) is 4.79 Å². The van der Waals surface area contributed by atoms with Crippen LogP contribution in [0, 0.1) is 0 Å². The Bertz CT molecular complexity index is 1330. The standard InChI is InChI=1S/C21H26N8O3/c1-11(30)23-13-2-4-14(5-3-13)24-17-9-18(25-15-6-7-15)29-19(27-17)12(10-22-29)8-16-20(31)28-21(32)26-16/h8-10,13-15,24,31H,2-7H2,1H3,(H,23,30)(H2,26,28,32)/b12-8+,25-18?. The summed E-state index contributed by atoms with van der Waals surface area (Å²) in [6.45, 7) is 1.55. The summed E-state index contributed by atoms with van der Waals surface area (Å²) < 4.78 is 1.69. The molecule has 0 spiro atoms. The predicted octanol–water partition coefficient (Wildman–Crippen LogP) is -0.0787. The van der Waals surface area contributed by atoms with E-state index >= 15 is 0 Å². The first-order valence-electron chi connectivity index (χ1n) is 10.9. The molecule has 168 valence electrons. The summed E-state index contributed by atoms with van der Waals surface area (Å²) in [5, 5.41) is 21.5.